The molecule has 2 amide bonds. The lowest BCUT2D eigenvalue weighted by atomic mass is 10.1. The molecule has 0 N–H and O–H groups in total. The van der Waals surface area contributed by atoms with Crippen molar-refractivity contribution in [2.45, 2.75) is 0 Å². The Hall–Kier alpha value is -3.91. The number of pyridine rings is 1. The topological polar surface area (TPSA) is 89.5 Å². The van der Waals surface area contributed by atoms with Gasteiger partial charge in [0.2, 0.25) is 5.88 Å². The summed E-state index contributed by atoms with van der Waals surface area (Å²) in [6.45, 7) is 0. The molecule has 8 heteroatoms. The van der Waals surface area contributed by atoms with Gasteiger partial charge in [0.15, 0.2) is 0 Å². The standard InChI is InChI=1S/C21H11N3O4S/c25-18-15-7-3-4-8-16(15)29-19(23-18)12-9-10-17(22-11-12)28-24-20(26)13-5-1-2-6-14(13)21(24)27/h1-11H. The molecule has 0 saturated carbocycles. The lowest BCUT2D eigenvalue weighted by Crippen LogP contribution is -2.33. The molecule has 0 saturated heterocycles. The van der Waals surface area contributed by atoms with E-state index < -0.39 is 11.8 Å². The summed E-state index contributed by atoms with van der Waals surface area (Å²) in [7, 11) is 0. The minimum Gasteiger partial charge on any atom is -0.348 e. The van der Waals surface area contributed by atoms with E-state index in [0.717, 1.165) is 4.70 Å². The molecule has 29 heavy (non-hydrogen) atoms. The predicted octanol–water partition coefficient (Wildman–Crippen LogP) is 3.31. The highest BCUT2D eigenvalue weighted by Gasteiger charge is 2.37. The maximum absolute atomic E-state index is 12.4. The third-order valence-corrected chi connectivity index (χ3v) is 5.55. The molecule has 0 atom stereocenters. The first kappa shape index (κ1) is 17.2. The van der Waals surface area contributed by atoms with Crippen molar-refractivity contribution in [3.05, 3.63) is 88.3 Å². The summed E-state index contributed by atoms with van der Waals surface area (Å²) in [6.07, 6.45) is 1.49. The van der Waals surface area contributed by atoms with E-state index >= 15 is 0 Å². The molecule has 2 aromatic carbocycles. The number of imide groups is 1. The first-order valence-corrected chi connectivity index (χ1v) is 9.45. The van der Waals surface area contributed by atoms with Crippen LogP contribution in [-0.4, -0.2) is 26.8 Å². The maximum Gasteiger partial charge on any atom is 0.295 e. The van der Waals surface area contributed by atoms with Crippen molar-refractivity contribution in [1.29, 1.82) is 0 Å². The Morgan fingerprint density at radius 3 is 2.21 bits per heavy atom. The number of carbonyl (C=O) groups is 2. The van der Waals surface area contributed by atoms with E-state index in [0.29, 0.717) is 32.1 Å². The van der Waals surface area contributed by atoms with E-state index in [4.69, 9.17) is 4.84 Å². The van der Waals surface area contributed by atoms with Gasteiger partial charge in [-0.1, -0.05) is 29.3 Å². The summed E-state index contributed by atoms with van der Waals surface area (Å²) in [5.74, 6) is -0.992. The van der Waals surface area contributed by atoms with Gasteiger partial charge in [-0.3, -0.25) is 14.4 Å². The minimum absolute atomic E-state index is 0.0800. The van der Waals surface area contributed by atoms with Crippen LogP contribution in [0.3, 0.4) is 0 Å². The lowest BCUT2D eigenvalue weighted by Gasteiger charge is -2.13. The number of benzene rings is 2. The number of carbonyl (C=O) groups excluding carboxylic acids is 2. The molecule has 140 valence electrons. The van der Waals surface area contributed by atoms with Crippen LogP contribution in [0.5, 0.6) is 5.88 Å². The first-order chi connectivity index (χ1) is 14.1. The second kappa shape index (κ2) is 6.61. The van der Waals surface area contributed by atoms with Crippen molar-refractivity contribution in [2.24, 2.45) is 0 Å². The molecular weight excluding hydrogens is 390 g/mol. The zero-order valence-electron chi connectivity index (χ0n) is 14.7. The van der Waals surface area contributed by atoms with Gasteiger partial charge in [0.1, 0.15) is 5.01 Å². The van der Waals surface area contributed by atoms with Gasteiger partial charge in [0.25, 0.3) is 17.4 Å². The quantitative estimate of drug-likeness (QED) is 0.489. The predicted molar refractivity (Wildman–Crippen MR) is 107 cm³/mol. The molecule has 2 aromatic heterocycles. The van der Waals surface area contributed by atoms with Crippen LogP contribution in [0.25, 0.3) is 20.7 Å². The van der Waals surface area contributed by atoms with Crippen LogP contribution < -0.4 is 10.4 Å². The molecule has 5 rings (SSSR count). The van der Waals surface area contributed by atoms with Crippen LogP contribution in [-0.2, 0) is 0 Å². The van der Waals surface area contributed by atoms with Crippen molar-refractivity contribution >= 4 is 33.2 Å². The SMILES string of the molecule is O=C1c2ccccc2C(=O)N1Oc1ccc(-c2nc(=O)c3ccccc3s2)cn1. The van der Waals surface area contributed by atoms with Gasteiger partial charge in [-0.25, -0.2) is 4.98 Å². The average Bonchev–Trinajstić information content (AvgIpc) is 2.99. The number of aromatic nitrogens is 2. The van der Waals surface area contributed by atoms with Gasteiger partial charge in [-0.15, -0.1) is 11.3 Å². The fraction of sp³-hybridized carbons (Fsp3) is 0. The van der Waals surface area contributed by atoms with Crippen molar-refractivity contribution in [1.82, 2.24) is 15.0 Å². The molecule has 1 aliphatic heterocycles. The van der Waals surface area contributed by atoms with Gasteiger partial charge in [-0.05, 0) is 30.3 Å². The van der Waals surface area contributed by atoms with Gasteiger partial charge in [0, 0.05) is 22.5 Å². The molecule has 0 bridgehead atoms. The number of hydrogen-bond acceptors (Lipinski definition) is 7. The number of amides is 2. The van der Waals surface area contributed by atoms with Crippen LogP contribution in [0, 0.1) is 0 Å². The van der Waals surface area contributed by atoms with E-state index in [1.165, 1.54) is 23.6 Å². The Morgan fingerprint density at radius 2 is 1.52 bits per heavy atom. The monoisotopic (exact) mass is 401 g/mol. The summed E-state index contributed by atoms with van der Waals surface area (Å²) in [4.78, 5) is 50.6. The maximum atomic E-state index is 12.4. The molecule has 1 aliphatic rings. The highest BCUT2D eigenvalue weighted by Crippen LogP contribution is 2.27. The van der Waals surface area contributed by atoms with Crippen molar-refractivity contribution in [3.63, 3.8) is 0 Å². The third-order valence-electron chi connectivity index (χ3n) is 4.45. The molecule has 7 nitrogen and oxygen atoms in total. The summed E-state index contributed by atoms with van der Waals surface area (Å²) >= 11 is 1.37. The van der Waals surface area contributed by atoms with E-state index in [2.05, 4.69) is 9.97 Å². The molecule has 0 radical (unpaired) electrons. The van der Waals surface area contributed by atoms with Gasteiger partial charge in [0.05, 0.1) is 16.5 Å². The van der Waals surface area contributed by atoms with Gasteiger partial charge < -0.3 is 4.84 Å². The molecule has 0 spiro atoms. The van der Waals surface area contributed by atoms with E-state index in [1.807, 2.05) is 12.1 Å². The zero-order valence-corrected chi connectivity index (χ0v) is 15.6. The zero-order chi connectivity index (χ0) is 20.0. The Balaban J connectivity index is 1.42. The van der Waals surface area contributed by atoms with Gasteiger partial charge in [-0.2, -0.15) is 4.98 Å². The molecular formula is C21H11N3O4S. The number of rotatable bonds is 3. The second-order valence-corrected chi connectivity index (χ2v) is 7.28. The number of fused-ring (bicyclic) bond motifs is 2. The largest absolute Gasteiger partial charge is 0.348 e. The molecule has 0 unspecified atom stereocenters. The fourth-order valence-corrected chi connectivity index (χ4v) is 4.03. The third kappa shape index (κ3) is 2.86. The van der Waals surface area contributed by atoms with E-state index in [-0.39, 0.29) is 11.4 Å². The van der Waals surface area contributed by atoms with E-state index in [9.17, 15) is 14.4 Å². The number of nitrogens with zero attached hydrogens (tertiary/aromatic N) is 3. The normalized spacial score (nSPS) is 13.0. The fourth-order valence-electron chi connectivity index (χ4n) is 3.04. The van der Waals surface area contributed by atoms with Crippen LogP contribution in [0.2, 0.25) is 0 Å². The Morgan fingerprint density at radius 1 is 0.828 bits per heavy atom. The first-order valence-electron chi connectivity index (χ1n) is 8.64. The molecule has 3 heterocycles. The second-order valence-electron chi connectivity index (χ2n) is 6.25. The highest BCUT2D eigenvalue weighted by molar-refractivity contribution is 7.21. The Kier molecular flexibility index (Phi) is 3.92. The van der Waals surface area contributed by atoms with Crippen LogP contribution in [0.1, 0.15) is 20.7 Å². The lowest BCUT2D eigenvalue weighted by molar-refractivity contribution is -0.0166. The van der Waals surface area contributed by atoms with Crippen molar-refractivity contribution in [3.8, 4) is 16.5 Å². The molecule has 0 aliphatic carbocycles. The minimum atomic E-state index is -0.536. The van der Waals surface area contributed by atoms with Crippen molar-refractivity contribution < 1.29 is 14.4 Å². The average molecular weight is 401 g/mol. The van der Waals surface area contributed by atoms with Crippen molar-refractivity contribution in [2.75, 3.05) is 0 Å². The van der Waals surface area contributed by atoms with Gasteiger partial charge >= 0.3 is 0 Å². The Labute approximate surface area is 167 Å². The Bertz CT molecular complexity index is 1310. The highest BCUT2D eigenvalue weighted by atomic mass is 32.1. The van der Waals surface area contributed by atoms with Crippen LogP contribution >= 0.6 is 11.3 Å². The molecule has 4 aromatic rings. The summed E-state index contributed by atoms with van der Waals surface area (Å²) in [5, 5.41) is 1.78. The van der Waals surface area contributed by atoms with E-state index in [1.54, 1.807) is 42.5 Å². The summed E-state index contributed by atoms with van der Waals surface area (Å²) in [5.41, 5.74) is 0.909. The molecule has 0 fully saturated rings. The number of hydroxylamine groups is 2. The smallest absolute Gasteiger partial charge is 0.295 e. The summed E-state index contributed by atoms with van der Waals surface area (Å²) < 4.78 is 0.828. The number of hydrogen-bond donors (Lipinski definition) is 0. The van der Waals surface area contributed by atoms with Crippen LogP contribution in [0.15, 0.2) is 71.7 Å². The summed E-state index contributed by atoms with van der Waals surface area (Å²) in [6, 6.07) is 17.0. The van der Waals surface area contributed by atoms with Crippen LogP contribution in [0.4, 0.5) is 0 Å².